The van der Waals surface area contributed by atoms with Crippen LogP contribution in [0.2, 0.25) is 0 Å². The van der Waals surface area contributed by atoms with E-state index in [9.17, 15) is 13.2 Å². The smallest absolute Gasteiger partial charge is 0.261 e. The quantitative estimate of drug-likeness (QED) is 0.153. The summed E-state index contributed by atoms with van der Waals surface area (Å²) in [6, 6.07) is 0.421. The van der Waals surface area contributed by atoms with Crippen molar-refractivity contribution in [2.45, 2.75) is 39.7 Å². The van der Waals surface area contributed by atoms with Gasteiger partial charge in [-0.05, 0) is 13.5 Å². The number of ether oxygens (including phenoxy) is 4. The Balaban J connectivity index is -0.000000496. The number of hydrogen-bond acceptors (Lipinski definition) is 9. The van der Waals surface area contributed by atoms with Gasteiger partial charge >= 0.3 is 0 Å². The second-order valence-electron chi connectivity index (χ2n) is 6.37. The van der Waals surface area contributed by atoms with Gasteiger partial charge in [0.05, 0.1) is 59.0 Å². The van der Waals surface area contributed by atoms with E-state index in [1.54, 1.807) is 0 Å². The van der Waals surface area contributed by atoms with Crippen molar-refractivity contribution in [1.29, 1.82) is 0 Å². The van der Waals surface area contributed by atoms with Crippen molar-refractivity contribution >= 4 is 16.4 Å². The molecule has 3 N–H and O–H groups in total. The lowest BCUT2D eigenvalue weighted by molar-refractivity contribution is -0.107. The summed E-state index contributed by atoms with van der Waals surface area (Å²) in [5, 5.41) is 5.94. The van der Waals surface area contributed by atoms with E-state index in [1.165, 1.54) is 6.42 Å². The largest absolute Gasteiger partial charge is 0.379 e. The molecule has 0 fully saturated rings. The maximum atomic E-state index is 9.65. The van der Waals surface area contributed by atoms with Crippen LogP contribution in [0.5, 0.6) is 0 Å². The lowest BCUT2D eigenvalue weighted by Gasteiger charge is -2.07. The molecule has 10 nitrogen and oxygen atoms in total. The van der Waals surface area contributed by atoms with Crippen molar-refractivity contribution in [3.8, 4) is 0 Å². The van der Waals surface area contributed by atoms with E-state index in [-0.39, 0.29) is 0 Å². The van der Waals surface area contributed by atoms with Gasteiger partial charge in [0.2, 0.25) is 0 Å². The minimum Gasteiger partial charge on any atom is -0.379 e. The number of likely N-dealkylation sites (N-methyl/N-ethyl adjacent to an activating group) is 1. The molecule has 0 radical (unpaired) electrons. The van der Waals surface area contributed by atoms with Gasteiger partial charge < -0.3 is 34.4 Å². The first kappa shape index (κ1) is 34.0. The minimum atomic E-state index is -3.67. The number of unbranched alkanes of at least 4 members (excludes halogenated alkanes) is 1. The number of nitrogens with one attached hydrogen (secondary N) is 2. The molecule has 184 valence electrons. The van der Waals surface area contributed by atoms with Gasteiger partial charge in [0.25, 0.3) is 10.1 Å². The summed E-state index contributed by atoms with van der Waals surface area (Å²) in [6.07, 6.45) is 3.87. The predicted octanol–water partition coefficient (Wildman–Crippen LogP) is 0.760. The normalized spacial score (nSPS) is 10.8. The summed E-state index contributed by atoms with van der Waals surface area (Å²) in [5.41, 5.74) is 0. The molecule has 0 aliphatic carbocycles. The Morgan fingerprint density at radius 1 is 0.900 bits per heavy atom. The van der Waals surface area contributed by atoms with Crippen LogP contribution in [-0.4, -0.2) is 105 Å². The van der Waals surface area contributed by atoms with Gasteiger partial charge in [-0.25, -0.2) is 0 Å². The van der Waals surface area contributed by atoms with Crippen molar-refractivity contribution in [3.63, 3.8) is 0 Å². The molecule has 0 spiro atoms. The van der Waals surface area contributed by atoms with Crippen LogP contribution in [0.25, 0.3) is 0 Å². The van der Waals surface area contributed by atoms with Gasteiger partial charge in [0.1, 0.15) is 6.29 Å². The Hall–Kier alpha value is -0.660. The molecular weight excluding hydrogens is 416 g/mol. The zero-order valence-corrected chi connectivity index (χ0v) is 20.2. The van der Waals surface area contributed by atoms with Gasteiger partial charge in [0, 0.05) is 19.2 Å². The van der Waals surface area contributed by atoms with Crippen LogP contribution in [0.1, 0.15) is 33.6 Å². The number of aldehydes is 1. The number of carbonyl (C=O) groups is 1. The monoisotopic (exact) mass is 460 g/mol. The van der Waals surface area contributed by atoms with Crippen LogP contribution in [0, 0.1) is 0 Å². The topological polar surface area (TPSA) is 132 Å². The molecule has 0 aromatic carbocycles. The van der Waals surface area contributed by atoms with E-state index in [1.807, 2.05) is 20.9 Å². The third kappa shape index (κ3) is 56.4. The second kappa shape index (κ2) is 28.3. The standard InChI is InChI=1S/C13H29NO4.C5H11NO.CH4O3S/c1-3-4-6-15-8-10-17-12-13-18-11-9-16-7-5-14-2;1-5(2)6-3-4-7;1-5(2,3)4/h14H,3-13H2,1-2H3;4-6H,3H2,1-2H3;1H3,(H,2,3,4). The average Bonchev–Trinajstić information content (AvgIpc) is 2.66. The zero-order chi connectivity index (χ0) is 23.5. The molecule has 0 aliphatic heterocycles. The van der Waals surface area contributed by atoms with E-state index in [2.05, 4.69) is 17.6 Å². The van der Waals surface area contributed by atoms with Crippen molar-refractivity contribution in [3.05, 3.63) is 0 Å². The fraction of sp³-hybridized carbons (Fsp3) is 0.947. The summed E-state index contributed by atoms with van der Waals surface area (Å²) in [6.45, 7) is 12.9. The van der Waals surface area contributed by atoms with Crippen LogP contribution >= 0.6 is 0 Å². The van der Waals surface area contributed by atoms with Crippen molar-refractivity contribution in [2.75, 3.05) is 79.2 Å². The first-order valence-electron chi connectivity index (χ1n) is 10.2. The number of rotatable bonds is 18. The van der Waals surface area contributed by atoms with Crippen LogP contribution < -0.4 is 10.6 Å². The maximum absolute atomic E-state index is 9.65. The molecular formula is C19H44N2O8S. The van der Waals surface area contributed by atoms with Gasteiger partial charge in [-0.2, -0.15) is 8.42 Å². The van der Waals surface area contributed by atoms with Gasteiger partial charge in [-0.1, -0.05) is 27.2 Å². The summed E-state index contributed by atoms with van der Waals surface area (Å²) in [7, 11) is -1.76. The summed E-state index contributed by atoms with van der Waals surface area (Å²) >= 11 is 0. The minimum absolute atomic E-state index is 0.421. The van der Waals surface area contributed by atoms with E-state index in [4.69, 9.17) is 23.5 Å². The molecule has 0 saturated heterocycles. The molecule has 0 rings (SSSR count). The van der Waals surface area contributed by atoms with Crippen molar-refractivity contribution in [1.82, 2.24) is 10.6 Å². The summed E-state index contributed by atoms with van der Waals surface area (Å²) < 4.78 is 47.2. The Kier molecular flexibility index (Phi) is 32.1. The fourth-order valence-electron chi connectivity index (χ4n) is 1.47. The van der Waals surface area contributed by atoms with Gasteiger partial charge in [-0.3, -0.25) is 4.55 Å². The SMILES string of the molecule is CC(C)NCC=O.CCCCOCCOCCOCCOCCNC.CS(=O)(=O)O. The summed E-state index contributed by atoms with van der Waals surface area (Å²) in [4.78, 5) is 9.65. The van der Waals surface area contributed by atoms with Crippen LogP contribution in [-0.2, 0) is 33.9 Å². The Bertz CT molecular complexity index is 399. The van der Waals surface area contributed by atoms with Crippen molar-refractivity contribution < 1.29 is 36.7 Å². The van der Waals surface area contributed by atoms with E-state index >= 15 is 0 Å². The van der Waals surface area contributed by atoms with Gasteiger partial charge in [0.15, 0.2) is 0 Å². The Morgan fingerprint density at radius 2 is 1.30 bits per heavy atom. The lowest BCUT2D eigenvalue weighted by atomic mass is 10.4. The molecule has 11 heteroatoms. The maximum Gasteiger partial charge on any atom is 0.261 e. The van der Waals surface area contributed by atoms with E-state index in [0.717, 1.165) is 32.5 Å². The molecule has 0 bridgehead atoms. The average molecular weight is 461 g/mol. The lowest BCUT2D eigenvalue weighted by Crippen LogP contribution is -2.24. The molecule has 0 saturated carbocycles. The highest BCUT2D eigenvalue weighted by atomic mass is 32.2. The first-order chi connectivity index (χ1) is 14.2. The zero-order valence-electron chi connectivity index (χ0n) is 19.4. The predicted molar refractivity (Wildman–Crippen MR) is 119 cm³/mol. The summed E-state index contributed by atoms with van der Waals surface area (Å²) in [5.74, 6) is 0. The molecule has 30 heavy (non-hydrogen) atoms. The highest BCUT2D eigenvalue weighted by Gasteiger charge is 1.92. The third-order valence-corrected chi connectivity index (χ3v) is 2.86. The van der Waals surface area contributed by atoms with Crippen LogP contribution in [0.4, 0.5) is 0 Å². The third-order valence-electron chi connectivity index (χ3n) is 2.86. The second-order valence-corrected chi connectivity index (χ2v) is 7.84. The van der Waals surface area contributed by atoms with Crippen LogP contribution in [0.15, 0.2) is 0 Å². The highest BCUT2D eigenvalue weighted by molar-refractivity contribution is 7.85. The molecule has 0 aliphatic rings. The highest BCUT2D eigenvalue weighted by Crippen LogP contribution is 1.88. The van der Waals surface area contributed by atoms with Gasteiger partial charge in [-0.15, -0.1) is 0 Å². The van der Waals surface area contributed by atoms with E-state index < -0.39 is 10.1 Å². The molecule has 0 atom stereocenters. The Labute approximate surface area is 183 Å². The van der Waals surface area contributed by atoms with Crippen molar-refractivity contribution in [2.24, 2.45) is 0 Å². The first-order valence-corrected chi connectivity index (χ1v) is 12.1. The number of carbonyl (C=O) groups excluding carboxylic acids is 1. The molecule has 0 aromatic rings. The fourth-order valence-corrected chi connectivity index (χ4v) is 1.47. The molecule has 0 heterocycles. The van der Waals surface area contributed by atoms with E-state index in [0.29, 0.717) is 58.5 Å². The Morgan fingerprint density at radius 3 is 1.60 bits per heavy atom. The molecule has 0 amide bonds. The molecule has 0 unspecified atom stereocenters. The number of hydrogen-bond donors (Lipinski definition) is 3. The molecule has 0 aromatic heterocycles. The van der Waals surface area contributed by atoms with Crippen LogP contribution in [0.3, 0.4) is 0 Å².